The van der Waals surface area contributed by atoms with E-state index >= 15 is 0 Å². The van der Waals surface area contributed by atoms with Gasteiger partial charge < -0.3 is 11.1 Å². The number of aryl methyl sites for hydroxylation is 1. The lowest BCUT2D eigenvalue weighted by Crippen LogP contribution is -2.13. The SMILES string of the molecule is Cc1cc(N)c(Cl)cc1NC(=O)c1cccc(F)c1. The first-order valence-electron chi connectivity index (χ1n) is 5.60. The van der Waals surface area contributed by atoms with Gasteiger partial charge in [0.2, 0.25) is 0 Å². The monoisotopic (exact) mass is 278 g/mol. The lowest BCUT2D eigenvalue weighted by molar-refractivity contribution is 0.102. The number of carbonyl (C=O) groups is 1. The van der Waals surface area contributed by atoms with Crippen LogP contribution in [0.1, 0.15) is 15.9 Å². The number of nitrogens with two attached hydrogens (primary N) is 1. The number of hydrogen-bond acceptors (Lipinski definition) is 2. The van der Waals surface area contributed by atoms with Crippen molar-refractivity contribution in [3.63, 3.8) is 0 Å². The summed E-state index contributed by atoms with van der Waals surface area (Å²) >= 11 is 5.90. The van der Waals surface area contributed by atoms with E-state index in [1.807, 2.05) is 0 Å². The molecule has 0 aromatic heterocycles. The molecule has 0 bridgehead atoms. The Kier molecular flexibility index (Phi) is 3.71. The molecule has 0 atom stereocenters. The van der Waals surface area contributed by atoms with Crippen LogP contribution in [0.2, 0.25) is 5.02 Å². The standard InChI is InChI=1S/C14H12ClFN2O/c1-8-5-12(17)11(15)7-13(8)18-14(19)9-3-2-4-10(16)6-9/h2-7H,17H2,1H3,(H,18,19). The Morgan fingerprint density at radius 2 is 2.05 bits per heavy atom. The van der Waals surface area contributed by atoms with Crippen LogP contribution >= 0.6 is 11.6 Å². The number of benzene rings is 2. The molecule has 98 valence electrons. The molecule has 0 unspecified atom stereocenters. The maximum absolute atomic E-state index is 13.0. The molecule has 0 spiro atoms. The van der Waals surface area contributed by atoms with E-state index in [0.29, 0.717) is 16.4 Å². The van der Waals surface area contributed by atoms with Crippen LogP contribution in [0.5, 0.6) is 0 Å². The first-order valence-corrected chi connectivity index (χ1v) is 5.97. The number of amides is 1. The molecular weight excluding hydrogens is 267 g/mol. The fraction of sp³-hybridized carbons (Fsp3) is 0.0714. The Morgan fingerprint density at radius 3 is 2.74 bits per heavy atom. The van der Waals surface area contributed by atoms with E-state index < -0.39 is 11.7 Å². The molecule has 2 rings (SSSR count). The zero-order valence-corrected chi connectivity index (χ0v) is 11.0. The van der Waals surface area contributed by atoms with Crippen molar-refractivity contribution in [3.05, 3.63) is 58.4 Å². The molecule has 3 nitrogen and oxygen atoms in total. The van der Waals surface area contributed by atoms with Crippen molar-refractivity contribution in [1.29, 1.82) is 0 Å². The molecular formula is C14H12ClFN2O. The Balaban J connectivity index is 2.27. The van der Waals surface area contributed by atoms with Crippen molar-refractivity contribution in [1.82, 2.24) is 0 Å². The second kappa shape index (κ2) is 5.28. The van der Waals surface area contributed by atoms with Gasteiger partial charge in [-0.3, -0.25) is 4.79 Å². The average Bonchev–Trinajstić information content (AvgIpc) is 2.36. The number of nitrogens with one attached hydrogen (secondary N) is 1. The van der Waals surface area contributed by atoms with Crippen LogP contribution in [0.3, 0.4) is 0 Å². The molecule has 0 fully saturated rings. The summed E-state index contributed by atoms with van der Waals surface area (Å²) in [5.41, 5.74) is 7.68. The minimum Gasteiger partial charge on any atom is -0.398 e. The molecule has 0 aliphatic carbocycles. The lowest BCUT2D eigenvalue weighted by Gasteiger charge is -2.10. The summed E-state index contributed by atoms with van der Waals surface area (Å²) in [5, 5.41) is 3.04. The van der Waals surface area contributed by atoms with Crippen LogP contribution < -0.4 is 11.1 Å². The summed E-state index contributed by atoms with van der Waals surface area (Å²) in [6, 6.07) is 8.71. The highest BCUT2D eigenvalue weighted by Crippen LogP contribution is 2.27. The van der Waals surface area contributed by atoms with Crippen molar-refractivity contribution < 1.29 is 9.18 Å². The maximum Gasteiger partial charge on any atom is 0.255 e. The van der Waals surface area contributed by atoms with Gasteiger partial charge in [0.05, 0.1) is 10.7 Å². The maximum atomic E-state index is 13.0. The minimum atomic E-state index is -0.459. The third kappa shape index (κ3) is 3.03. The van der Waals surface area contributed by atoms with E-state index in [9.17, 15) is 9.18 Å². The highest BCUT2D eigenvalue weighted by atomic mass is 35.5. The van der Waals surface area contributed by atoms with Gasteiger partial charge in [0.15, 0.2) is 0 Å². The van der Waals surface area contributed by atoms with Gasteiger partial charge in [-0.2, -0.15) is 0 Å². The number of nitrogen functional groups attached to an aromatic ring is 1. The van der Waals surface area contributed by atoms with Crippen molar-refractivity contribution in [3.8, 4) is 0 Å². The van der Waals surface area contributed by atoms with Gasteiger partial charge in [0, 0.05) is 11.3 Å². The fourth-order valence-corrected chi connectivity index (χ4v) is 1.83. The summed E-state index contributed by atoms with van der Waals surface area (Å²) in [5.74, 6) is -0.858. The lowest BCUT2D eigenvalue weighted by atomic mass is 10.1. The molecule has 2 aromatic rings. The normalized spacial score (nSPS) is 10.3. The van der Waals surface area contributed by atoms with Crippen LogP contribution in [-0.4, -0.2) is 5.91 Å². The van der Waals surface area contributed by atoms with Crippen molar-refractivity contribution in [2.45, 2.75) is 6.92 Å². The van der Waals surface area contributed by atoms with E-state index in [2.05, 4.69) is 5.32 Å². The fourth-order valence-electron chi connectivity index (χ4n) is 1.66. The first kappa shape index (κ1) is 13.4. The molecule has 3 N–H and O–H groups in total. The third-order valence-corrected chi connectivity index (χ3v) is 3.01. The molecule has 5 heteroatoms. The molecule has 0 aliphatic heterocycles. The van der Waals surface area contributed by atoms with Crippen molar-refractivity contribution in [2.75, 3.05) is 11.1 Å². The zero-order chi connectivity index (χ0) is 14.0. The Bertz CT molecular complexity index is 643. The zero-order valence-electron chi connectivity index (χ0n) is 10.2. The summed E-state index contributed by atoms with van der Waals surface area (Å²) < 4.78 is 13.0. The van der Waals surface area contributed by atoms with Gasteiger partial charge in [-0.15, -0.1) is 0 Å². The second-order valence-corrected chi connectivity index (χ2v) is 4.56. The molecule has 0 saturated carbocycles. The predicted octanol–water partition coefficient (Wildman–Crippen LogP) is 3.62. The number of anilines is 2. The van der Waals surface area contributed by atoms with Crippen LogP contribution in [0.15, 0.2) is 36.4 Å². The molecule has 2 aromatic carbocycles. The number of rotatable bonds is 2. The van der Waals surface area contributed by atoms with Crippen LogP contribution in [0.4, 0.5) is 15.8 Å². The van der Waals surface area contributed by atoms with Crippen LogP contribution in [-0.2, 0) is 0 Å². The highest BCUT2D eigenvalue weighted by molar-refractivity contribution is 6.33. The molecule has 0 heterocycles. The number of carbonyl (C=O) groups excluding carboxylic acids is 1. The summed E-state index contributed by atoms with van der Waals surface area (Å²) in [6.07, 6.45) is 0. The van der Waals surface area contributed by atoms with Crippen molar-refractivity contribution >= 4 is 28.9 Å². The van der Waals surface area contributed by atoms with E-state index in [-0.39, 0.29) is 5.56 Å². The Hall–Kier alpha value is -2.07. The topological polar surface area (TPSA) is 55.1 Å². The largest absolute Gasteiger partial charge is 0.398 e. The second-order valence-electron chi connectivity index (χ2n) is 4.15. The average molecular weight is 279 g/mol. The van der Waals surface area contributed by atoms with Crippen LogP contribution in [0.25, 0.3) is 0 Å². The van der Waals surface area contributed by atoms with Crippen molar-refractivity contribution in [2.24, 2.45) is 0 Å². The van der Waals surface area contributed by atoms with Crippen LogP contribution in [0, 0.1) is 12.7 Å². The van der Waals surface area contributed by atoms with E-state index in [1.54, 1.807) is 19.1 Å². The van der Waals surface area contributed by atoms with Gasteiger partial charge >= 0.3 is 0 Å². The van der Waals surface area contributed by atoms with Gasteiger partial charge in [0.25, 0.3) is 5.91 Å². The molecule has 19 heavy (non-hydrogen) atoms. The predicted molar refractivity (Wildman–Crippen MR) is 75.0 cm³/mol. The quantitative estimate of drug-likeness (QED) is 0.824. The minimum absolute atomic E-state index is 0.243. The molecule has 1 amide bonds. The van der Waals surface area contributed by atoms with E-state index in [0.717, 1.165) is 5.56 Å². The van der Waals surface area contributed by atoms with Gasteiger partial charge in [0.1, 0.15) is 5.82 Å². The number of halogens is 2. The smallest absolute Gasteiger partial charge is 0.255 e. The van der Waals surface area contributed by atoms with Gasteiger partial charge in [-0.05, 0) is 42.8 Å². The van der Waals surface area contributed by atoms with E-state index in [1.165, 1.54) is 24.3 Å². The third-order valence-electron chi connectivity index (χ3n) is 2.68. The Labute approximate surface area is 115 Å². The molecule has 0 aliphatic rings. The Morgan fingerprint density at radius 1 is 1.32 bits per heavy atom. The summed E-state index contributed by atoms with van der Waals surface area (Å²) in [6.45, 7) is 1.80. The summed E-state index contributed by atoms with van der Waals surface area (Å²) in [7, 11) is 0. The van der Waals surface area contributed by atoms with Gasteiger partial charge in [-0.25, -0.2) is 4.39 Å². The number of hydrogen-bond donors (Lipinski definition) is 2. The van der Waals surface area contributed by atoms with E-state index in [4.69, 9.17) is 17.3 Å². The first-order chi connectivity index (χ1) is 8.97. The van der Waals surface area contributed by atoms with Gasteiger partial charge in [-0.1, -0.05) is 17.7 Å². The molecule has 0 saturated heterocycles. The summed E-state index contributed by atoms with van der Waals surface area (Å²) in [4.78, 5) is 12.0. The highest BCUT2D eigenvalue weighted by Gasteiger charge is 2.10. The molecule has 0 radical (unpaired) electrons.